The van der Waals surface area contributed by atoms with E-state index in [0.717, 1.165) is 127 Å². The van der Waals surface area contributed by atoms with Gasteiger partial charge in [0.1, 0.15) is 0 Å². The van der Waals surface area contributed by atoms with Crippen LogP contribution in [0.1, 0.15) is 44.2 Å². The van der Waals surface area contributed by atoms with E-state index >= 15 is 0 Å². The number of hydrogen-bond donors (Lipinski definition) is 1. The van der Waals surface area contributed by atoms with E-state index in [1.807, 2.05) is 54.6 Å². The monoisotopic (exact) mass is 1120 g/mol. The summed E-state index contributed by atoms with van der Waals surface area (Å²) in [7, 11) is 0. The molecule has 0 fully saturated rings. The molecule has 13 aromatic carbocycles. The van der Waals surface area contributed by atoms with E-state index < -0.39 is 78.6 Å². The van der Waals surface area contributed by atoms with Crippen LogP contribution in [-0.2, 0) is 5.41 Å². The van der Waals surface area contributed by atoms with Crippen LogP contribution < -0.4 is 21.3 Å². The second-order valence-electron chi connectivity index (χ2n) is 23.9. The zero-order valence-corrected chi connectivity index (χ0v) is 47.5. The topological polar surface area (TPSA) is 28.9 Å². The van der Waals surface area contributed by atoms with Crippen molar-refractivity contribution < 1.29 is 17.8 Å². The number of H-pyrrole nitrogens is 1. The molecule has 0 aliphatic carbocycles. The Morgan fingerprint density at radius 1 is 0.391 bits per heavy atom. The largest absolute Gasteiger partial charge is 0.354 e. The van der Waals surface area contributed by atoms with Gasteiger partial charge in [-0.25, -0.2) is 0 Å². The smallest absolute Gasteiger partial charge is 0.252 e. The molecule has 0 amide bonds. The Kier molecular flexibility index (Phi) is 8.25. The highest BCUT2D eigenvalue weighted by atomic mass is 15.2. The number of anilines is 3. The summed E-state index contributed by atoms with van der Waals surface area (Å²) >= 11 is 0. The number of benzene rings is 13. The van der Waals surface area contributed by atoms with Crippen LogP contribution in [0.5, 0.6) is 0 Å². The van der Waals surface area contributed by atoms with Crippen molar-refractivity contribution in [3.8, 4) is 67.0 Å². The molecule has 0 saturated heterocycles. The lowest BCUT2D eigenvalue weighted by molar-refractivity contribution is 0.591. The fraction of sp³-hybridized carbons (Fsp3) is 0.0488. The van der Waals surface area contributed by atoms with Crippen LogP contribution in [0.25, 0.3) is 132 Å². The molecule has 408 valence electrons. The first-order valence-electron chi connectivity index (χ1n) is 35.9. The van der Waals surface area contributed by atoms with Crippen LogP contribution >= 0.6 is 0 Å². The second-order valence-corrected chi connectivity index (χ2v) is 23.9. The highest BCUT2D eigenvalue weighted by Crippen LogP contribution is 2.50. The fourth-order valence-corrected chi connectivity index (χ4v) is 14.3. The van der Waals surface area contributed by atoms with E-state index in [4.69, 9.17) is 9.60 Å². The van der Waals surface area contributed by atoms with Gasteiger partial charge in [-0.2, -0.15) is 0 Å². The summed E-state index contributed by atoms with van der Waals surface area (Å²) in [5.41, 5.74) is 19.4. The lowest BCUT2D eigenvalue weighted by Gasteiger charge is -2.41. The van der Waals surface area contributed by atoms with E-state index in [0.29, 0.717) is 16.9 Å². The molecule has 16 aromatic rings. The third-order valence-electron chi connectivity index (χ3n) is 18.1. The van der Waals surface area contributed by atoms with E-state index in [1.54, 1.807) is 4.57 Å². The number of rotatable bonds is 7. The number of fused-ring (bicyclic) bond motifs is 14. The highest BCUT2D eigenvalue weighted by molar-refractivity contribution is 7.00. The average molecular weight is 1120 g/mol. The number of nitrogens with zero attached hydrogens (tertiary/aromatic N) is 3. The normalized spacial score (nSPS) is 14.8. The summed E-state index contributed by atoms with van der Waals surface area (Å²) in [5, 5.41) is 3.53. The molecule has 3 aromatic heterocycles. The molecule has 87 heavy (non-hydrogen) atoms. The van der Waals surface area contributed by atoms with Crippen molar-refractivity contribution in [1.29, 1.82) is 0 Å². The third kappa shape index (κ3) is 7.39. The number of aromatic nitrogens is 3. The summed E-state index contributed by atoms with van der Waals surface area (Å²) < 4.78 is 123. The molecule has 4 nitrogen and oxygen atoms in total. The zero-order valence-electron chi connectivity index (χ0n) is 60.5. The van der Waals surface area contributed by atoms with Gasteiger partial charge < -0.3 is 19.0 Å². The Morgan fingerprint density at radius 2 is 0.989 bits per heavy atom. The Labute approximate surface area is 523 Å². The summed E-state index contributed by atoms with van der Waals surface area (Å²) in [6.07, 6.45) is 0. The molecule has 2 aliphatic heterocycles. The van der Waals surface area contributed by atoms with Gasteiger partial charge in [0.15, 0.2) is 0 Å². The third-order valence-corrected chi connectivity index (χ3v) is 18.1. The van der Waals surface area contributed by atoms with Gasteiger partial charge in [-0.1, -0.05) is 245 Å². The van der Waals surface area contributed by atoms with Crippen LogP contribution in [0.4, 0.5) is 17.1 Å². The molecule has 5 heterocycles. The molecule has 0 spiro atoms. The number of hydrogen-bond acceptors (Lipinski definition) is 1. The van der Waals surface area contributed by atoms with Gasteiger partial charge in [-0.3, -0.25) is 0 Å². The summed E-state index contributed by atoms with van der Waals surface area (Å²) in [4.78, 5) is 6.38. The van der Waals surface area contributed by atoms with Crippen molar-refractivity contribution in [3.05, 3.63) is 290 Å². The Morgan fingerprint density at radius 3 is 1.70 bits per heavy atom. The van der Waals surface area contributed by atoms with Gasteiger partial charge in [-0.15, -0.1) is 0 Å². The standard InChI is InChI=1S/C82H57BN4/c1-82(2,3)56-47-68-67-46-55(52-24-9-5-10-25-52)40-45-74(67)87-76-50-71-77(66-35-21-34-65(79(66)84-71)62-31-16-15-30-61(62)60-29-14-13-28-59(60)54-26-11-6-12-27-54)81-78(76)83(70(48-56)80(68)87)69-44-43-58(85-72-36-19-17-32-63(72)64-33-18-20-37-73(64)85)49-75(69)86(81)57-41-38-53(39-42-57)51-22-7-4-8-23-51/h4-50,84H,1-3H3/i5D,9D,10D,17D,18D,19D,20D,24D,25D,32D,33D,36D,37D. The summed E-state index contributed by atoms with van der Waals surface area (Å²) in [6, 6.07) is 65.6. The van der Waals surface area contributed by atoms with Gasteiger partial charge >= 0.3 is 0 Å². The van der Waals surface area contributed by atoms with Crippen LogP contribution in [0.2, 0.25) is 0 Å². The highest BCUT2D eigenvalue weighted by Gasteiger charge is 2.44. The van der Waals surface area contributed by atoms with Crippen LogP contribution in [0.3, 0.4) is 0 Å². The van der Waals surface area contributed by atoms with Crippen molar-refractivity contribution in [1.82, 2.24) is 14.1 Å². The van der Waals surface area contributed by atoms with E-state index in [2.05, 4.69) is 187 Å². The zero-order chi connectivity index (χ0) is 69.0. The van der Waals surface area contributed by atoms with Gasteiger partial charge in [-0.05, 0) is 138 Å². The molecule has 0 atom stereocenters. The van der Waals surface area contributed by atoms with Crippen LogP contribution in [-0.4, -0.2) is 20.8 Å². The predicted molar refractivity (Wildman–Crippen MR) is 370 cm³/mol. The minimum atomic E-state index is -0.531. The van der Waals surface area contributed by atoms with Crippen molar-refractivity contribution in [2.45, 2.75) is 26.2 Å². The maximum Gasteiger partial charge on any atom is 0.252 e. The maximum atomic E-state index is 9.65. The van der Waals surface area contributed by atoms with Gasteiger partial charge in [0.05, 0.1) is 51.1 Å². The molecule has 0 unspecified atom stereocenters. The quantitative estimate of drug-likeness (QED) is 0.158. The molecule has 5 heteroatoms. The van der Waals surface area contributed by atoms with Gasteiger partial charge in [0, 0.05) is 66.1 Å². The Balaban J connectivity index is 1.00. The van der Waals surface area contributed by atoms with Crippen molar-refractivity contribution in [3.63, 3.8) is 0 Å². The van der Waals surface area contributed by atoms with E-state index in [1.165, 1.54) is 0 Å². The molecule has 0 radical (unpaired) electrons. The van der Waals surface area contributed by atoms with Crippen LogP contribution in [0.15, 0.2) is 285 Å². The SMILES string of the molecule is [2H]c1c([2H])c([2H])c(-c2ccc3c(c2)c2cc(C(C)(C)C)cc4c2n3-c2cc3[nH]c5c(-c6ccccc6-c6ccccc6-c6ccccc6)cccc5c3c3c2B4c2ccc(-n4c5c([2H])c([2H])c([2H])c([2H])c5c5c([2H])c([2H])c([2H])c([2H])c54)cc2N3c2ccc(-c3ccccc3)cc2)c([2H])c1[2H]. The number of para-hydroxylation sites is 3. The minimum Gasteiger partial charge on any atom is -0.354 e. The Bertz CT molecular complexity index is 6210. The molecule has 0 saturated carbocycles. The molecular weight excluding hydrogens is 1050 g/mol. The fourth-order valence-electron chi connectivity index (χ4n) is 14.3. The van der Waals surface area contributed by atoms with E-state index in [-0.39, 0.29) is 39.5 Å². The lowest BCUT2D eigenvalue weighted by Crippen LogP contribution is -2.60. The Hall–Kier alpha value is -10.9. The number of aromatic amines is 1. The maximum absolute atomic E-state index is 9.65. The molecule has 1 N–H and O–H groups in total. The minimum absolute atomic E-state index is 0.00758. The number of nitrogens with one attached hydrogen (secondary N) is 1. The molecule has 0 bridgehead atoms. The van der Waals surface area contributed by atoms with Crippen molar-refractivity contribution >= 4 is 106 Å². The second kappa shape index (κ2) is 18.8. The molecule has 2 aliphatic rings. The lowest BCUT2D eigenvalue weighted by atomic mass is 9.33. The molecule has 18 rings (SSSR count). The summed E-state index contributed by atoms with van der Waals surface area (Å²) in [6.45, 7) is 6.02. The van der Waals surface area contributed by atoms with Gasteiger partial charge in [0.25, 0.3) is 6.71 Å². The first-order valence-corrected chi connectivity index (χ1v) is 29.4. The van der Waals surface area contributed by atoms with Crippen molar-refractivity contribution in [2.75, 3.05) is 4.90 Å². The van der Waals surface area contributed by atoms with Crippen molar-refractivity contribution in [2.24, 2.45) is 0 Å². The first-order chi connectivity index (χ1) is 48.2. The van der Waals surface area contributed by atoms with Gasteiger partial charge in [0.2, 0.25) is 0 Å². The predicted octanol–water partition coefficient (Wildman–Crippen LogP) is 19.8. The first kappa shape index (κ1) is 38.1. The van der Waals surface area contributed by atoms with E-state index in [9.17, 15) is 8.22 Å². The summed E-state index contributed by atoms with van der Waals surface area (Å²) in [5.74, 6) is 0. The van der Waals surface area contributed by atoms with Crippen LogP contribution in [0, 0.1) is 0 Å². The average Bonchev–Trinajstić information content (AvgIpc) is 1.20. The molecular formula is C82H57BN4.